The molecule has 174 valence electrons. The maximum absolute atomic E-state index is 12.8. The van der Waals surface area contributed by atoms with Crippen molar-refractivity contribution in [2.75, 3.05) is 6.61 Å². The smallest absolute Gasteiger partial charge is 0.407 e. The summed E-state index contributed by atoms with van der Waals surface area (Å²) in [6.07, 6.45) is 0.927. The molecule has 2 aliphatic rings. The molecule has 2 amide bonds. The van der Waals surface area contributed by atoms with E-state index >= 15 is 0 Å². The monoisotopic (exact) mass is 450 g/mol. The Hall–Kier alpha value is -3.35. The quantitative estimate of drug-likeness (QED) is 0.563. The minimum atomic E-state index is -1.02. The highest BCUT2D eigenvalue weighted by Gasteiger charge is 2.40. The van der Waals surface area contributed by atoms with Crippen LogP contribution in [0.25, 0.3) is 11.1 Å². The van der Waals surface area contributed by atoms with Crippen LogP contribution in [0.4, 0.5) is 4.79 Å². The fraction of sp³-hybridized carbons (Fsp3) is 0.423. The molecular weight excluding hydrogens is 420 g/mol. The third-order valence-corrected chi connectivity index (χ3v) is 6.94. The molecule has 4 rings (SSSR count). The summed E-state index contributed by atoms with van der Waals surface area (Å²) in [5.74, 6) is -1.49. The van der Waals surface area contributed by atoms with Gasteiger partial charge in [-0.3, -0.25) is 9.59 Å². The zero-order chi connectivity index (χ0) is 23.6. The number of rotatable bonds is 8. The first-order valence-corrected chi connectivity index (χ1v) is 11.4. The molecule has 0 bridgehead atoms. The van der Waals surface area contributed by atoms with E-state index in [0.717, 1.165) is 35.1 Å². The van der Waals surface area contributed by atoms with Crippen LogP contribution < -0.4 is 10.6 Å². The summed E-state index contributed by atoms with van der Waals surface area (Å²) < 4.78 is 5.54. The second-order valence-corrected chi connectivity index (χ2v) is 9.54. The summed E-state index contributed by atoms with van der Waals surface area (Å²) in [4.78, 5) is 36.5. The Bertz CT molecular complexity index is 1020. The van der Waals surface area contributed by atoms with Crippen molar-refractivity contribution in [3.8, 4) is 11.1 Å². The molecule has 0 heterocycles. The lowest BCUT2D eigenvalue weighted by atomic mass is 9.67. The molecule has 3 N–H and O–H groups in total. The summed E-state index contributed by atoms with van der Waals surface area (Å²) in [7, 11) is 0. The summed E-state index contributed by atoms with van der Waals surface area (Å²) in [5, 5.41) is 14.6. The van der Waals surface area contributed by atoms with Gasteiger partial charge in [0.2, 0.25) is 5.91 Å². The Morgan fingerprint density at radius 3 is 2.18 bits per heavy atom. The van der Waals surface area contributed by atoms with Gasteiger partial charge in [-0.05, 0) is 46.9 Å². The van der Waals surface area contributed by atoms with E-state index in [-0.39, 0.29) is 42.7 Å². The van der Waals surface area contributed by atoms with Crippen molar-refractivity contribution in [3.63, 3.8) is 0 Å². The molecule has 2 aromatic carbocycles. The maximum Gasteiger partial charge on any atom is 0.407 e. The first-order chi connectivity index (χ1) is 15.8. The lowest BCUT2D eigenvalue weighted by Crippen LogP contribution is -2.57. The molecule has 2 aliphatic carbocycles. The second kappa shape index (κ2) is 9.25. The van der Waals surface area contributed by atoms with Crippen LogP contribution in [0.3, 0.4) is 0 Å². The molecule has 2 atom stereocenters. The van der Waals surface area contributed by atoms with Gasteiger partial charge in [-0.1, -0.05) is 62.4 Å². The molecule has 7 nitrogen and oxygen atoms in total. The highest BCUT2D eigenvalue weighted by Crippen LogP contribution is 2.44. The average Bonchev–Trinajstić information content (AvgIpc) is 3.11. The molecule has 0 aliphatic heterocycles. The second-order valence-electron chi connectivity index (χ2n) is 9.54. The van der Waals surface area contributed by atoms with Crippen LogP contribution >= 0.6 is 0 Å². The fourth-order valence-electron chi connectivity index (χ4n) is 4.72. The molecule has 0 aromatic heterocycles. The zero-order valence-corrected chi connectivity index (χ0v) is 19.0. The molecule has 0 radical (unpaired) electrons. The molecule has 1 fully saturated rings. The van der Waals surface area contributed by atoms with Gasteiger partial charge in [-0.25, -0.2) is 4.79 Å². The Balaban J connectivity index is 1.40. The number of carboxylic acid groups (broad SMARTS) is 1. The maximum atomic E-state index is 12.8. The molecule has 0 spiro atoms. The first-order valence-electron chi connectivity index (χ1n) is 11.4. The average molecular weight is 451 g/mol. The third-order valence-electron chi connectivity index (χ3n) is 6.94. The van der Waals surface area contributed by atoms with Crippen LogP contribution in [0.1, 0.15) is 56.6 Å². The molecule has 0 saturated heterocycles. The van der Waals surface area contributed by atoms with E-state index in [4.69, 9.17) is 9.84 Å². The van der Waals surface area contributed by atoms with E-state index in [9.17, 15) is 14.4 Å². The third kappa shape index (κ3) is 4.87. The van der Waals surface area contributed by atoms with E-state index in [0.29, 0.717) is 0 Å². The van der Waals surface area contributed by atoms with Crippen molar-refractivity contribution in [2.45, 2.75) is 57.5 Å². The van der Waals surface area contributed by atoms with E-state index in [1.165, 1.54) is 0 Å². The Kier molecular flexibility index (Phi) is 6.40. The number of benzene rings is 2. The van der Waals surface area contributed by atoms with Crippen molar-refractivity contribution in [2.24, 2.45) is 5.41 Å². The van der Waals surface area contributed by atoms with Crippen molar-refractivity contribution >= 4 is 18.0 Å². The zero-order valence-electron chi connectivity index (χ0n) is 19.0. The normalized spacial score (nSPS) is 18.9. The molecule has 7 heteroatoms. The van der Waals surface area contributed by atoms with Gasteiger partial charge in [0.05, 0.1) is 0 Å². The minimum absolute atomic E-state index is 0.00148. The number of alkyl carbamates (subject to hydrolysis) is 1. The standard InChI is InChI=1S/C26H30N2O5/c1-26(2)14-13-22(26)28-24(31)21(11-12-23(29)30)27-25(32)33-15-20-18-9-5-3-7-16(18)17-8-4-6-10-19(17)20/h3-10,20-22H,11-15H2,1-2H3,(H,27,32)(H,28,31)(H,29,30). The number of hydrogen-bond donors (Lipinski definition) is 3. The summed E-state index contributed by atoms with van der Waals surface area (Å²) in [6, 6.07) is 15.1. The van der Waals surface area contributed by atoms with Gasteiger partial charge < -0.3 is 20.5 Å². The number of hydrogen-bond acceptors (Lipinski definition) is 4. The van der Waals surface area contributed by atoms with Gasteiger partial charge in [-0.15, -0.1) is 0 Å². The van der Waals surface area contributed by atoms with E-state index in [1.54, 1.807) is 0 Å². The number of fused-ring (bicyclic) bond motifs is 3. The number of carbonyl (C=O) groups is 3. The number of aliphatic carboxylic acids is 1. The van der Waals surface area contributed by atoms with Crippen LogP contribution in [0.15, 0.2) is 48.5 Å². The van der Waals surface area contributed by atoms with Gasteiger partial charge in [0.1, 0.15) is 12.6 Å². The SMILES string of the molecule is CC1(C)CCC1NC(=O)C(CCC(=O)O)NC(=O)OCC1c2ccccc2-c2ccccc21. The number of carboxylic acids is 1. The summed E-state index contributed by atoms with van der Waals surface area (Å²) in [5.41, 5.74) is 4.45. The number of nitrogens with one attached hydrogen (secondary N) is 2. The lowest BCUT2D eigenvalue weighted by Gasteiger charge is -2.45. The Morgan fingerprint density at radius 1 is 1.06 bits per heavy atom. The largest absolute Gasteiger partial charge is 0.481 e. The first kappa shape index (κ1) is 22.8. The molecule has 1 saturated carbocycles. The summed E-state index contributed by atoms with van der Waals surface area (Å²) in [6.45, 7) is 4.28. The van der Waals surface area contributed by atoms with Crippen LogP contribution in [-0.4, -0.2) is 41.8 Å². The van der Waals surface area contributed by atoms with Gasteiger partial charge >= 0.3 is 12.1 Å². The molecule has 33 heavy (non-hydrogen) atoms. The van der Waals surface area contributed by atoms with Gasteiger partial charge in [0.15, 0.2) is 0 Å². The van der Waals surface area contributed by atoms with Gasteiger partial charge in [-0.2, -0.15) is 0 Å². The van der Waals surface area contributed by atoms with Crippen LogP contribution in [0, 0.1) is 5.41 Å². The number of amides is 2. The number of ether oxygens (including phenoxy) is 1. The van der Waals surface area contributed by atoms with Gasteiger partial charge in [0.25, 0.3) is 0 Å². The Labute approximate surface area is 193 Å². The highest BCUT2D eigenvalue weighted by atomic mass is 16.5. The predicted molar refractivity (Wildman–Crippen MR) is 124 cm³/mol. The van der Waals surface area contributed by atoms with Crippen LogP contribution in [-0.2, 0) is 14.3 Å². The van der Waals surface area contributed by atoms with Crippen molar-refractivity contribution in [1.82, 2.24) is 10.6 Å². The van der Waals surface area contributed by atoms with E-state index in [1.807, 2.05) is 36.4 Å². The predicted octanol–water partition coefficient (Wildman–Crippen LogP) is 4.06. The Morgan fingerprint density at radius 2 is 1.67 bits per heavy atom. The molecule has 2 unspecified atom stereocenters. The molecule has 2 aromatic rings. The minimum Gasteiger partial charge on any atom is -0.481 e. The lowest BCUT2D eigenvalue weighted by molar-refractivity contribution is -0.137. The fourth-order valence-corrected chi connectivity index (χ4v) is 4.72. The van der Waals surface area contributed by atoms with E-state index < -0.39 is 18.1 Å². The highest BCUT2D eigenvalue weighted by molar-refractivity contribution is 5.86. The molecular formula is C26H30N2O5. The summed E-state index contributed by atoms with van der Waals surface area (Å²) >= 11 is 0. The number of carbonyl (C=O) groups excluding carboxylic acids is 2. The van der Waals surface area contributed by atoms with Crippen molar-refractivity contribution in [3.05, 3.63) is 59.7 Å². The van der Waals surface area contributed by atoms with Crippen molar-refractivity contribution in [1.29, 1.82) is 0 Å². The van der Waals surface area contributed by atoms with Crippen LogP contribution in [0.5, 0.6) is 0 Å². The topological polar surface area (TPSA) is 105 Å². The van der Waals surface area contributed by atoms with E-state index in [2.05, 4.69) is 36.6 Å². The van der Waals surface area contributed by atoms with Crippen molar-refractivity contribution < 1.29 is 24.2 Å². The van der Waals surface area contributed by atoms with Gasteiger partial charge in [0, 0.05) is 18.4 Å². The van der Waals surface area contributed by atoms with Crippen LogP contribution in [0.2, 0.25) is 0 Å².